The van der Waals surface area contributed by atoms with Gasteiger partial charge in [0.2, 0.25) is 0 Å². The summed E-state index contributed by atoms with van der Waals surface area (Å²) in [6.07, 6.45) is -3.50. The number of rotatable bonds is 8. The van der Waals surface area contributed by atoms with Crippen LogP contribution in [-0.4, -0.2) is 26.2 Å². The zero-order valence-corrected chi connectivity index (χ0v) is 15.4. The van der Waals surface area contributed by atoms with Crippen LogP contribution in [0.25, 0.3) is 0 Å². The molecule has 9 heteroatoms. The van der Waals surface area contributed by atoms with Gasteiger partial charge in [-0.1, -0.05) is 12.1 Å². The molecule has 152 valence electrons. The smallest absolute Gasteiger partial charge is 0.418 e. The predicted octanol–water partition coefficient (Wildman–Crippen LogP) is 3.73. The zero-order chi connectivity index (χ0) is 21.3. The monoisotopic (exact) mass is 405 g/mol. The molecule has 2 aromatic carbocycles. The highest BCUT2D eigenvalue weighted by molar-refractivity contribution is 6.06. The van der Waals surface area contributed by atoms with Crippen LogP contribution in [0.4, 0.5) is 18.9 Å². The van der Waals surface area contributed by atoms with Crippen molar-refractivity contribution in [2.45, 2.75) is 6.18 Å². The molecule has 0 heterocycles. The maximum atomic E-state index is 13.0. The minimum Gasteiger partial charge on any atom is -0.497 e. The van der Waals surface area contributed by atoms with Crippen LogP contribution < -0.4 is 20.1 Å². The van der Waals surface area contributed by atoms with Crippen LogP contribution >= 0.6 is 0 Å². The third kappa shape index (κ3) is 6.46. The molecule has 0 saturated heterocycles. The van der Waals surface area contributed by atoms with E-state index in [9.17, 15) is 18.0 Å². The Bertz CT molecular complexity index is 904. The van der Waals surface area contributed by atoms with Gasteiger partial charge in [0.25, 0.3) is 5.91 Å². The highest BCUT2D eigenvalue weighted by atomic mass is 19.4. The molecule has 2 rings (SSSR count). The number of anilines is 1. The lowest BCUT2D eigenvalue weighted by Crippen LogP contribution is -2.21. The van der Waals surface area contributed by atoms with E-state index in [0.717, 1.165) is 18.3 Å². The van der Waals surface area contributed by atoms with Gasteiger partial charge in [-0.15, -0.1) is 0 Å². The van der Waals surface area contributed by atoms with E-state index < -0.39 is 23.3 Å². The predicted molar refractivity (Wildman–Crippen MR) is 100 cm³/mol. The fourth-order valence-electron chi connectivity index (χ4n) is 2.25. The molecule has 0 aromatic heterocycles. The van der Waals surface area contributed by atoms with Crippen molar-refractivity contribution in [3.8, 4) is 17.6 Å². The number of amides is 1. The standard InChI is InChI=1S/C20H18F3N3O3/c1-28-15-6-8-16(9-7-15)29-11-10-25-13-14(12-24)19(27)26-18-5-3-2-4-17(18)20(21,22)23/h2-9,13,25H,10-11H2,1H3,(H,26,27)/b14-13-. The van der Waals surface area contributed by atoms with Crippen LogP contribution in [0.2, 0.25) is 0 Å². The van der Waals surface area contributed by atoms with Gasteiger partial charge in [-0.3, -0.25) is 4.79 Å². The van der Waals surface area contributed by atoms with Crippen molar-refractivity contribution in [2.24, 2.45) is 0 Å². The highest BCUT2D eigenvalue weighted by Crippen LogP contribution is 2.34. The number of nitriles is 1. The lowest BCUT2D eigenvalue weighted by atomic mass is 10.1. The average Bonchev–Trinajstić information content (AvgIpc) is 2.70. The first-order chi connectivity index (χ1) is 13.8. The Labute approximate surface area is 165 Å². The molecule has 0 spiro atoms. The molecule has 0 aliphatic heterocycles. The second kappa shape index (κ2) is 10.0. The molecule has 0 aliphatic rings. The van der Waals surface area contributed by atoms with Crippen LogP contribution in [0.3, 0.4) is 0 Å². The average molecular weight is 405 g/mol. The number of benzene rings is 2. The van der Waals surface area contributed by atoms with Crippen molar-refractivity contribution in [1.82, 2.24) is 5.32 Å². The summed E-state index contributed by atoms with van der Waals surface area (Å²) in [5.74, 6) is 0.349. The summed E-state index contributed by atoms with van der Waals surface area (Å²) in [6, 6.07) is 13.1. The van der Waals surface area contributed by atoms with Crippen LogP contribution in [0, 0.1) is 11.3 Å². The van der Waals surface area contributed by atoms with Gasteiger partial charge in [-0.05, 0) is 36.4 Å². The number of carbonyl (C=O) groups excluding carboxylic acids is 1. The molecule has 0 fully saturated rings. The molecule has 0 saturated carbocycles. The molecule has 1 amide bonds. The molecular weight excluding hydrogens is 387 g/mol. The molecule has 0 radical (unpaired) electrons. The number of para-hydroxylation sites is 1. The van der Waals surface area contributed by atoms with E-state index in [2.05, 4.69) is 10.6 Å². The Hall–Kier alpha value is -3.67. The molecule has 0 unspecified atom stereocenters. The minimum atomic E-state index is -4.63. The Kier molecular flexibility index (Phi) is 7.48. The highest BCUT2D eigenvalue weighted by Gasteiger charge is 2.33. The summed E-state index contributed by atoms with van der Waals surface area (Å²) in [7, 11) is 1.55. The third-order valence-electron chi connectivity index (χ3n) is 3.67. The van der Waals surface area contributed by atoms with Crippen molar-refractivity contribution < 1.29 is 27.4 Å². The summed E-state index contributed by atoms with van der Waals surface area (Å²) in [5, 5.41) is 13.9. The van der Waals surface area contributed by atoms with Gasteiger partial charge in [0.05, 0.1) is 18.4 Å². The van der Waals surface area contributed by atoms with E-state index in [0.29, 0.717) is 11.5 Å². The summed E-state index contributed by atoms with van der Waals surface area (Å²) in [6.45, 7) is 0.504. The topological polar surface area (TPSA) is 83.4 Å². The Morgan fingerprint density at radius 3 is 2.41 bits per heavy atom. The largest absolute Gasteiger partial charge is 0.497 e. The van der Waals surface area contributed by atoms with Gasteiger partial charge in [0.1, 0.15) is 29.7 Å². The number of methoxy groups -OCH3 is 1. The van der Waals surface area contributed by atoms with Gasteiger partial charge in [-0.25, -0.2) is 0 Å². The Morgan fingerprint density at radius 1 is 1.14 bits per heavy atom. The maximum Gasteiger partial charge on any atom is 0.418 e. The molecule has 0 aliphatic carbocycles. The zero-order valence-electron chi connectivity index (χ0n) is 15.4. The van der Waals surface area contributed by atoms with Crippen molar-refractivity contribution in [3.63, 3.8) is 0 Å². The van der Waals surface area contributed by atoms with Gasteiger partial charge in [-0.2, -0.15) is 18.4 Å². The number of alkyl halides is 3. The number of carbonyl (C=O) groups is 1. The lowest BCUT2D eigenvalue weighted by Gasteiger charge is -2.13. The molecule has 2 N–H and O–H groups in total. The fraction of sp³-hybridized carbons (Fsp3) is 0.200. The quantitative estimate of drug-likeness (QED) is 0.397. The van der Waals surface area contributed by atoms with E-state index >= 15 is 0 Å². The van der Waals surface area contributed by atoms with Gasteiger partial charge < -0.3 is 20.1 Å². The maximum absolute atomic E-state index is 13.0. The number of hydrogen-bond acceptors (Lipinski definition) is 5. The second-order valence-corrected chi connectivity index (χ2v) is 5.65. The van der Waals surface area contributed by atoms with Crippen molar-refractivity contribution >= 4 is 11.6 Å². The molecule has 6 nitrogen and oxygen atoms in total. The minimum absolute atomic E-state index is 0.236. The summed E-state index contributed by atoms with van der Waals surface area (Å²) >= 11 is 0. The first-order valence-electron chi connectivity index (χ1n) is 8.43. The van der Waals surface area contributed by atoms with Gasteiger partial charge in [0, 0.05) is 12.7 Å². The summed E-state index contributed by atoms with van der Waals surface area (Å²) in [4.78, 5) is 12.1. The van der Waals surface area contributed by atoms with Crippen LogP contribution in [0.1, 0.15) is 5.56 Å². The Balaban J connectivity index is 1.89. The lowest BCUT2D eigenvalue weighted by molar-refractivity contribution is -0.137. The van der Waals surface area contributed by atoms with E-state index in [1.165, 1.54) is 12.1 Å². The van der Waals surface area contributed by atoms with Crippen molar-refractivity contribution in [1.29, 1.82) is 5.26 Å². The summed E-state index contributed by atoms with van der Waals surface area (Å²) in [5.41, 5.74) is -1.79. The van der Waals surface area contributed by atoms with Crippen LogP contribution in [-0.2, 0) is 11.0 Å². The van der Waals surface area contributed by atoms with Crippen molar-refractivity contribution in [3.05, 3.63) is 65.9 Å². The number of ether oxygens (including phenoxy) is 2. The van der Waals surface area contributed by atoms with Gasteiger partial charge in [0.15, 0.2) is 0 Å². The molecule has 29 heavy (non-hydrogen) atoms. The number of halogens is 3. The van der Waals surface area contributed by atoms with E-state index in [-0.39, 0.29) is 18.7 Å². The molecule has 2 aromatic rings. The van der Waals surface area contributed by atoms with Crippen LogP contribution in [0.15, 0.2) is 60.3 Å². The number of nitrogens with one attached hydrogen (secondary N) is 2. The first kappa shape index (κ1) is 21.6. The number of hydrogen-bond donors (Lipinski definition) is 2. The molecule has 0 atom stereocenters. The van der Waals surface area contributed by atoms with Gasteiger partial charge >= 0.3 is 6.18 Å². The third-order valence-corrected chi connectivity index (χ3v) is 3.67. The Morgan fingerprint density at radius 2 is 1.79 bits per heavy atom. The second-order valence-electron chi connectivity index (χ2n) is 5.65. The first-order valence-corrected chi connectivity index (χ1v) is 8.43. The summed E-state index contributed by atoms with van der Waals surface area (Å²) < 4.78 is 49.5. The van der Waals surface area contributed by atoms with E-state index in [1.54, 1.807) is 37.4 Å². The van der Waals surface area contributed by atoms with E-state index in [4.69, 9.17) is 14.7 Å². The SMILES string of the molecule is COc1ccc(OCCN/C=C(/C#N)C(=O)Nc2ccccc2C(F)(F)F)cc1. The van der Waals surface area contributed by atoms with Crippen LogP contribution in [0.5, 0.6) is 11.5 Å². The number of nitrogens with zero attached hydrogens (tertiary/aromatic N) is 1. The molecule has 0 bridgehead atoms. The molecular formula is C20H18F3N3O3. The normalized spacial score (nSPS) is 11.3. The van der Waals surface area contributed by atoms with E-state index in [1.807, 2.05) is 0 Å². The van der Waals surface area contributed by atoms with Crippen molar-refractivity contribution in [2.75, 3.05) is 25.6 Å². The fourth-order valence-corrected chi connectivity index (χ4v) is 2.25.